The third kappa shape index (κ3) is 3.96. The Hall–Kier alpha value is -1.56. The SMILES string of the molecule is O=C(O)NCC1(Nc2ccnc(Cl)n2)CCCCC1. The number of aromatic nitrogens is 2. The van der Waals surface area contributed by atoms with Crippen LogP contribution < -0.4 is 10.6 Å². The molecule has 1 aromatic rings. The van der Waals surface area contributed by atoms with Gasteiger partial charge in [-0.25, -0.2) is 14.8 Å². The first-order valence-electron chi connectivity index (χ1n) is 6.33. The molecule has 0 saturated heterocycles. The average molecular weight is 285 g/mol. The monoisotopic (exact) mass is 284 g/mol. The average Bonchev–Trinajstić information content (AvgIpc) is 2.38. The Morgan fingerprint density at radius 1 is 1.42 bits per heavy atom. The predicted octanol–water partition coefficient (Wildman–Crippen LogP) is 2.51. The van der Waals surface area contributed by atoms with E-state index in [1.807, 2.05) is 0 Å². The van der Waals surface area contributed by atoms with Crippen molar-refractivity contribution in [2.24, 2.45) is 0 Å². The first-order chi connectivity index (χ1) is 9.10. The smallest absolute Gasteiger partial charge is 0.404 e. The molecule has 1 aromatic heterocycles. The van der Waals surface area contributed by atoms with E-state index in [2.05, 4.69) is 20.6 Å². The van der Waals surface area contributed by atoms with Gasteiger partial charge in [0, 0.05) is 12.7 Å². The van der Waals surface area contributed by atoms with Gasteiger partial charge in [0.1, 0.15) is 5.82 Å². The Labute approximate surface area is 116 Å². The highest BCUT2D eigenvalue weighted by atomic mass is 35.5. The lowest BCUT2D eigenvalue weighted by molar-refractivity contribution is 0.188. The van der Waals surface area contributed by atoms with E-state index in [-0.39, 0.29) is 10.8 Å². The minimum atomic E-state index is -1.01. The Morgan fingerprint density at radius 3 is 2.79 bits per heavy atom. The van der Waals surface area contributed by atoms with Crippen LogP contribution in [0.3, 0.4) is 0 Å². The number of nitrogens with zero attached hydrogens (tertiary/aromatic N) is 2. The molecule has 0 spiro atoms. The summed E-state index contributed by atoms with van der Waals surface area (Å²) in [5.41, 5.74) is -0.283. The van der Waals surface area contributed by atoms with Gasteiger partial charge >= 0.3 is 6.09 Å². The van der Waals surface area contributed by atoms with E-state index in [9.17, 15) is 4.79 Å². The summed E-state index contributed by atoms with van der Waals surface area (Å²) in [6, 6.07) is 1.74. The number of amides is 1. The molecule has 1 fully saturated rings. The van der Waals surface area contributed by atoms with E-state index in [0.717, 1.165) is 25.7 Å². The minimum Gasteiger partial charge on any atom is -0.465 e. The van der Waals surface area contributed by atoms with Crippen LogP contribution in [0.5, 0.6) is 0 Å². The fourth-order valence-corrected chi connectivity index (χ4v) is 2.64. The summed E-state index contributed by atoms with van der Waals surface area (Å²) in [5, 5.41) is 14.8. The lowest BCUT2D eigenvalue weighted by Crippen LogP contribution is -2.50. The van der Waals surface area contributed by atoms with Gasteiger partial charge < -0.3 is 15.7 Å². The molecule has 1 amide bonds. The highest BCUT2D eigenvalue weighted by Gasteiger charge is 2.32. The van der Waals surface area contributed by atoms with Crippen LogP contribution >= 0.6 is 11.6 Å². The zero-order valence-corrected chi connectivity index (χ0v) is 11.3. The van der Waals surface area contributed by atoms with Crippen molar-refractivity contribution in [1.29, 1.82) is 0 Å². The van der Waals surface area contributed by atoms with Crippen LogP contribution in [0.4, 0.5) is 10.6 Å². The van der Waals surface area contributed by atoms with Crippen LogP contribution in [-0.2, 0) is 0 Å². The Balaban J connectivity index is 2.10. The second-order valence-electron chi connectivity index (χ2n) is 4.84. The topological polar surface area (TPSA) is 87.1 Å². The molecule has 19 heavy (non-hydrogen) atoms. The van der Waals surface area contributed by atoms with E-state index < -0.39 is 6.09 Å². The molecule has 7 heteroatoms. The summed E-state index contributed by atoms with van der Waals surface area (Å²) in [6.45, 7) is 0.365. The molecule has 6 nitrogen and oxygen atoms in total. The van der Waals surface area contributed by atoms with Gasteiger partial charge in [-0.1, -0.05) is 19.3 Å². The summed E-state index contributed by atoms with van der Waals surface area (Å²) in [4.78, 5) is 18.6. The lowest BCUT2D eigenvalue weighted by Gasteiger charge is -2.38. The predicted molar refractivity (Wildman–Crippen MR) is 72.5 cm³/mol. The van der Waals surface area contributed by atoms with Crippen molar-refractivity contribution in [1.82, 2.24) is 15.3 Å². The van der Waals surface area contributed by atoms with Crippen LogP contribution in [0.25, 0.3) is 0 Å². The standard InChI is InChI=1S/C12H17ClN4O2/c13-10-14-7-4-9(16-10)17-12(8-15-11(18)19)5-2-1-3-6-12/h4,7,15H,1-3,5-6,8H2,(H,18,19)(H,14,16,17). The second kappa shape index (κ2) is 6.06. The molecular weight excluding hydrogens is 268 g/mol. The van der Waals surface area contributed by atoms with E-state index in [4.69, 9.17) is 16.7 Å². The Morgan fingerprint density at radius 2 is 2.16 bits per heavy atom. The maximum Gasteiger partial charge on any atom is 0.404 e. The van der Waals surface area contributed by atoms with Crippen LogP contribution in [-0.4, -0.2) is 33.3 Å². The highest BCUT2D eigenvalue weighted by Crippen LogP contribution is 2.30. The molecule has 0 bridgehead atoms. The van der Waals surface area contributed by atoms with Crippen LogP contribution in [0, 0.1) is 0 Å². The van der Waals surface area contributed by atoms with Gasteiger partial charge in [-0.15, -0.1) is 0 Å². The zero-order chi connectivity index (χ0) is 13.7. The normalized spacial score (nSPS) is 17.7. The number of hydrogen-bond donors (Lipinski definition) is 3. The third-order valence-corrected chi connectivity index (χ3v) is 3.59. The summed E-state index contributed by atoms with van der Waals surface area (Å²) in [5.74, 6) is 0.633. The van der Waals surface area contributed by atoms with E-state index >= 15 is 0 Å². The van der Waals surface area contributed by atoms with Gasteiger partial charge in [0.2, 0.25) is 5.28 Å². The molecule has 3 N–H and O–H groups in total. The van der Waals surface area contributed by atoms with E-state index in [0.29, 0.717) is 12.4 Å². The van der Waals surface area contributed by atoms with Crippen molar-refractivity contribution in [3.8, 4) is 0 Å². The summed E-state index contributed by atoms with van der Waals surface area (Å²) >= 11 is 5.76. The van der Waals surface area contributed by atoms with Gasteiger partial charge in [-0.05, 0) is 30.5 Å². The quantitative estimate of drug-likeness (QED) is 0.740. The maximum absolute atomic E-state index is 10.7. The first kappa shape index (κ1) is 13.9. The number of carboxylic acid groups (broad SMARTS) is 1. The fourth-order valence-electron chi connectivity index (χ4n) is 2.50. The molecule has 1 aliphatic rings. The van der Waals surface area contributed by atoms with Gasteiger partial charge in [-0.3, -0.25) is 0 Å². The zero-order valence-electron chi connectivity index (χ0n) is 10.5. The molecule has 0 atom stereocenters. The van der Waals surface area contributed by atoms with Crippen LogP contribution in [0.2, 0.25) is 5.28 Å². The van der Waals surface area contributed by atoms with Gasteiger partial charge in [0.15, 0.2) is 0 Å². The molecule has 1 saturated carbocycles. The van der Waals surface area contributed by atoms with Crippen LogP contribution in [0.1, 0.15) is 32.1 Å². The van der Waals surface area contributed by atoms with Crippen molar-refractivity contribution in [2.45, 2.75) is 37.6 Å². The Bertz CT molecular complexity index is 449. The molecule has 0 unspecified atom stereocenters. The Kier molecular flexibility index (Phi) is 4.42. The fraction of sp³-hybridized carbons (Fsp3) is 0.583. The number of hydrogen-bond acceptors (Lipinski definition) is 4. The van der Waals surface area contributed by atoms with E-state index in [1.165, 1.54) is 6.42 Å². The number of anilines is 1. The third-order valence-electron chi connectivity index (χ3n) is 3.41. The summed E-state index contributed by atoms with van der Waals surface area (Å²) < 4.78 is 0. The molecule has 2 rings (SSSR count). The maximum atomic E-state index is 10.7. The number of carbonyl (C=O) groups is 1. The van der Waals surface area contributed by atoms with Crippen molar-refractivity contribution in [3.63, 3.8) is 0 Å². The second-order valence-corrected chi connectivity index (χ2v) is 5.17. The largest absolute Gasteiger partial charge is 0.465 e. The highest BCUT2D eigenvalue weighted by molar-refractivity contribution is 6.28. The van der Waals surface area contributed by atoms with Crippen LogP contribution in [0.15, 0.2) is 12.3 Å². The molecule has 1 heterocycles. The molecule has 0 aliphatic heterocycles. The summed E-state index contributed by atoms with van der Waals surface area (Å²) in [7, 11) is 0. The molecular formula is C12H17ClN4O2. The van der Waals surface area contributed by atoms with Gasteiger partial charge in [0.25, 0.3) is 0 Å². The minimum absolute atomic E-state index is 0.183. The van der Waals surface area contributed by atoms with E-state index in [1.54, 1.807) is 12.3 Å². The van der Waals surface area contributed by atoms with Crippen molar-refractivity contribution < 1.29 is 9.90 Å². The van der Waals surface area contributed by atoms with Gasteiger partial charge in [-0.2, -0.15) is 0 Å². The molecule has 0 aromatic carbocycles. The summed E-state index contributed by atoms with van der Waals surface area (Å²) in [6.07, 6.45) is 5.73. The van der Waals surface area contributed by atoms with Crippen molar-refractivity contribution in [2.75, 3.05) is 11.9 Å². The first-order valence-corrected chi connectivity index (χ1v) is 6.71. The number of halogens is 1. The lowest BCUT2D eigenvalue weighted by atomic mass is 9.81. The molecule has 104 valence electrons. The van der Waals surface area contributed by atoms with Crippen molar-refractivity contribution in [3.05, 3.63) is 17.5 Å². The van der Waals surface area contributed by atoms with Crippen molar-refractivity contribution >= 4 is 23.5 Å². The number of rotatable bonds is 4. The molecule has 0 radical (unpaired) electrons. The van der Waals surface area contributed by atoms with Gasteiger partial charge in [0.05, 0.1) is 5.54 Å². The number of nitrogens with one attached hydrogen (secondary N) is 2. The molecule has 1 aliphatic carbocycles.